The molecule has 118 valence electrons. The Labute approximate surface area is 137 Å². The van der Waals surface area contributed by atoms with Gasteiger partial charge in [-0.1, -0.05) is 6.07 Å². The quantitative estimate of drug-likeness (QED) is 0.909. The lowest BCUT2D eigenvalue weighted by atomic mass is 10.1. The van der Waals surface area contributed by atoms with E-state index in [2.05, 4.69) is 10.6 Å². The average molecular weight is 330 g/mol. The highest BCUT2D eigenvalue weighted by Gasteiger charge is 2.22. The van der Waals surface area contributed by atoms with Crippen LogP contribution in [0.25, 0.3) is 0 Å². The number of hydrogen-bond acceptors (Lipinski definition) is 3. The van der Waals surface area contributed by atoms with Crippen LogP contribution in [0.1, 0.15) is 22.8 Å². The van der Waals surface area contributed by atoms with Gasteiger partial charge in [0.25, 0.3) is 5.91 Å². The number of thioether (sulfide) groups is 1. The topological polar surface area (TPSA) is 58.2 Å². The number of carbonyl (C=O) groups excluding carboxylic acids is 2. The molecule has 6 heteroatoms. The van der Waals surface area contributed by atoms with Gasteiger partial charge in [0, 0.05) is 17.0 Å². The first-order valence-electron chi connectivity index (χ1n) is 7.17. The number of amides is 2. The van der Waals surface area contributed by atoms with E-state index in [0.717, 1.165) is 16.1 Å². The van der Waals surface area contributed by atoms with E-state index < -0.39 is 0 Å². The van der Waals surface area contributed by atoms with Crippen LogP contribution in [0.3, 0.4) is 0 Å². The van der Waals surface area contributed by atoms with Gasteiger partial charge >= 0.3 is 0 Å². The average Bonchev–Trinajstić information content (AvgIpc) is 2.54. The summed E-state index contributed by atoms with van der Waals surface area (Å²) < 4.78 is 12.9. The summed E-state index contributed by atoms with van der Waals surface area (Å²) >= 11 is 1.52. The van der Waals surface area contributed by atoms with Gasteiger partial charge in [-0.3, -0.25) is 9.59 Å². The monoisotopic (exact) mass is 330 g/mol. The molecule has 2 aromatic carbocycles. The fourth-order valence-electron chi connectivity index (χ4n) is 2.25. The van der Waals surface area contributed by atoms with Gasteiger partial charge in [0.15, 0.2) is 0 Å². The van der Waals surface area contributed by atoms with Crippen LogP contribution >= 0.6 is 11.8 Å². The van der Waals surface area contributed by atoms with Crippen LogP contribution < -0.4 is 10.6 Å². The summed E-state index contributed by atoms with van der Waals surface area (Å²) in [5.74, 6) is -0.663. The lowest BCUT2D eigenvalue weighted by molar-refractivity contribution is -0.115. The van der Waals surface area contributed by atoms with Gasteiger partial charge in [0.1, 0.15) is 5.82 Å². The minimum Gasteiger partial charge on any atom is -0.348 e. The van der Waals surface area contributed by atoms with Crippen LogP contribution in [0.2, 0.25) is 0 Å². The Morgan fingerprint density at radius 1 is 1.26 bits per heavy atom. The number of rotatable bonds is 3. The van der Waals surface area contributed by atoms with Gasteiger partial charge in [0.2, 0.25) is 5.91 Å². The number of hydrogen-bond donors (Lipinski definition) is 2. The van der Waals surface area contributed by atoms with Gasteiger partial charge in [-0.15, -0.1) is 11.8 Å². The maximum atomic E-state index is 12.9. The molecular weight excluding hydrogens is 315 g/mol. The SMILES string of the molecule is CC1Sc2ccc(CNC(=O)c3ccc(F)cc3)cc2NC1=O. The molecule has 1 aliphatic heterocycles. The van der Waals surface area contributed by atoms with E-state index in [-0.39, 0.29) is 22.9 Å². The molecule has 0 aliphatic carbocycles. The largest absolute Gasteiger partial charge is 0.348 e. The minimum absolute atomic E-state index is 0.0185. The van der Waals surface area contributed by atoms with Gasteiger partial charge in [-0.2, -0.15) is 0 Å². The number of anilines is 1. The first-order valence-corrected chi connectivity index (χ1v) is 8.05. The highest BCUT2D eigenvalue weighted by molar-refractivity contribution is 8.00. The summed E-state index contributed by atoms with van der Waals surface area (Å²) in [6.45, 7) is 2.19. The van der Waals surface area contributed by atoms with Crippen molar-refractivity contribution < 1.29 is 14.0 Å². The number of benzene rings is 2. The third kappa shape index (κ3) is 3.53. The van der Waals surface area contributed by atoms with Gasteiger partial charge < -0.3 is 10.6 Å². The molecule has 4 nitrogen and oxygen atoms in total. The lowest BCUT2D eigenvalue weighted by Gasteiger charge is -2.22. The number of halogens is 1. The van der Waals surface area contributed by atoms with E-state index in [1.165, 1.54) is 36.0 Å². The van der Waals surface area contributed by atoms with Crippen molar-refractivity contribution >= 4 is 29.3 Å². The van der Waals surface area contributed by atoms with E-state index in [1.54, 1.807) is 0 Å². The van der Waals surface area contributed by atoms with Crippen molar-refractivity contribution in [1.29, 1.82) is 0 Å². The normalized spacial score (nSPS) is 16.4. The van der Waals surface area contributed by atoms with Crippen LogP contribution in [0, 0.1) is 5.82 Å². The smallest absolute Gasteiger partial charge is 0.251 e. The highest BCUT2D eigenvalue weighted by atomic mass is 32.2. The van der Waals surface area contributed by atoms with Crippen molar-refractivity contribution in [2.24, 2.45) is 0 Å². The molecular formula is C17H15FN2O2S. The fraction of sp³-hybridized carbons (Fsp3) is 0.176. The molecule has 0 bridgehead atoms. The zero-order chi connectivity index (χ0) is 16.4. The van der Waals surface area contributed by atoms with Crippen molar-refractivity contribution in [3.63, 3.8) is 0 Å². The van der Waals surface area contributed by atoms with Gasteiger partial charge in [-0.25, -0.2) is 4.39 Å². The van der Waals surface area contributed by atoms with E-state index in [4.69, 9.17) is 0 Å². The molecule has 0 fully saturated rings. The number of nitrogens with one attached hydrogen (secondary N) is 2. The molecule has 0 saturated heterocycles. The molecule has 0 aromatic heterocycles. The maximum absolute atomic E-state index is 12.9. The van der Waals surface area contributed by atoms with Crippen molar-refractivity contribution in [2.75, 3.05) is 5.32 Å². The Bertz CT molecular complexity index is 762. The molecule has 3 rings (SSSR count). The second-order valence-corrected chi connectivity index (χ2v) is 6.65. The van der Waals surface area contributed by atoms with E-state index in [0.29, 0.717) is 12.1 Å². The molecule has 1 unspecified atom stereocenters. The fourth-order valence-corrected chi connectivity index (χ4v) is 3.18. The number of fused-ring (bicyclic) bond motifs is 1. The molecule has 2 aromatic rings. The molecule has 1 atom stereocenters. The number of carbonyl (C=O) groups is 2. The summed E-state index contributed by atoms with van der Waals surface area (Å²) in [5.41, 5.74) is 2.06. The van der Waals surface area contributed by atoms with E-state index >= 15 is 0 Å². The summed E-state index contributed by atoms with van der Waals surface area (Å²) in [6.07, 6.45) is 0. The van der Waals surface area contributed by atoms with Crippen LogP contribution in [0.4, 0.5) is 10.1 Å². The first kappa shape index (κ1) is 15.6. The molecule has 0 saturated carbocycles. The molecule has 0 spiro atoms. The molecule has 1 aliphatic rings. The lowest BCUT2D eigenvalue weighted by Crippen LogP contribution is -2.27. The Balaban J connectivity index is 1.67. The molecule has 23 heavy (non-hydrogen) atoms. The minimum atomic E-state index is -0.376. The van der Waals surface area contributed by atoms with Crippen molar-refractivity contribution in [3.8, 4) is 0 Å². The highest BCUT2D eigenvalue weighted by Crippen LogP contribution is 2.35. The molecule has 0 radical (unpaired) electrons. The predicted molar refractivity (Wildman–Crippen MR) is 88.0 cm³/mol. The second-order valence-electron chi connectivity index (χ2n) is 5.27. The Kier molecular flexibility index (Phi) is 4.34. The zero-order valence-electron chi connectivity index (χ0n) is 12.4. The first-order chi connectivity index (χ1) is 11.0. The van der Waals surface area contributed by atoms with E-state index in [1.807, 2.05) is 25.1 Å². The van der Waals surface area contributed by atoms with E-state index in [9.17, 15) is 14.0 Å². The Morgan fingerprint density at radius 3 is 2.74 bits per heavy atom. The third-order valence-electron chi connectivity index (χ3n) is 3.53. The zero-order valence-corrected chi connectivity index (χ0v) is 13.2. The summed E-state index contributed by atoms with van der Waals surface area (Å²) in [4.78, 5) is 24.7. The molecule has 1 heterocycles. The Hall–Kier alpha value is -2.34. The Morgan fingerprint density at radius 2 is 2.00 bits per heavy atom. The van der Waals surface area contributed by atoms with Gasteiger partial charge in [0.05, 0.1) is 10.9 Å². The van der Waals surface area contributed by atoms with Crippen LogP contribution in [-0.2, 0) is 11.3 Å². The van der Waals surface area contributed by atoms with Crippen LogP contribution in [-0.4, -0.2) is 17.1 Å². The summed E-state index contributed by atoms with van der Waals surface area (Å²) in [6, 6.07) is 11.1. The van der Waals surface area contributed by atoms with Crippen molar-refractivity contribution in [1.82, 2.24) is 5.32 Å². The summed E-state index contributed by atoms with van der Waals surface area (Å²) in [7, 11) is 0. The predicted octanol–water partition coefficient (Wildman–Crippen LogP) is 3.19. The van der Waals surface area contributed by atoms with Crippen molar-refractivity contribution in [3.05, 3.63) is 59.4 Å². The maximum Gasteiger partial charge on any atom is 0.251 e. The van der Waals surface area contributed by atoms with Crippen molar-refractivity contribution in [2.45, 2.75) is 23.6 Å². The molecule has 2 N–H and O–H groups in total. The second kappa shape index (κ2) is 6.42. The standard InChI is InChI=1S/C17H15FN2O2S/c1-10-16(21)20-14-8-11(2-7-15(14)23-10)9-19-17(22)12-3-5-13(18)6-4-12/h2-8,10H,9H2,1H3,(H,19,22)(H,20,21). The van der Waals surface area contributed by atoms with Crippen LogP contribution in [0.15, 0.2) is 47.4 Å². The summed E-state index contributed by atoms with van der Waals surface area (Å²) in [5, 5.41) is 5.54. The molecule has 2 amide bonds. The van der Waals surface area contributed by atoms with Crippen LogP contribution in [0.5, 0.6) is 0 Å². The third-order valence-corrected chi connectivity index (χ3v) is 4.71. The van der Waals surface area contributed by atoms with Gasteiger partial charge in [-0.05, 0) is 48.9 Å².